The van der Waals surface area contributed by atoms with E-state index in [-0.39, 0.29) is 12.5 Å². The van der Waals surface area contributed by atoms with E-state index >= 15 is 0 Å². The van der Waals surface area contributed by atoms with Crippen molar-refractivity contribution in [3.8, 4) is 10.6 Å². The van der Waals surface area contributed by atoms with Crippen LogP contribution in [0.4, 0.5) is 0 Å². The van der Waals surface area contributed by atoms with Crippen LogP contribution in [0.25, 0.3) is 21.5 Å². The second kappa shape index (κ2) is 9.10. The van der Waals surface area contributed by atoms with Gasteiger partial charge in [-0.25, -0.2) is 9.78 Å². The molecular weight excluding hydrogens is 372 g/mol. The lowest BCUT2D eigenvalue weighted by molar-refractivity contribution is -0.133. The molecule has 142 valence electrons. The molecule has 5 nitrogen and oxygen atoms in total. The SMILES string of the molecule is C=CCN(CC=C)C(=O)COC(=O)c1cc(-c2cccs2)nc2ccccc12. The number of aromatic nitrogens is 1. The number of carbonyl (C=O) groups excluding carboxylic acids is 2. The highest BCUT2D eigenvalue weighted by Gasteiger charge is 2.18. The summed E-state index contributed by atoms with van der Waals surface area (Å²) in [6.45, 7) is 7.66. The van der Waals surface area contributed by atoms with Crippen LogP contribution in [0.1, 0.15) is 10.4 Å². The van der Waals surface area contributed by atoms with Gasteiger partial charge in [-0.3, -0.25) is 4.79 Å². The summed E-state index contributed by atoms with van der Waals surface area (Å²) in [5, 5.41) is 2.64. The van der Waals surface area contributed by atoms with Gasteiger partial charge >= 0.3 is 5.97 Å². The normalized spacial score (nSPS) is 10.4. The first-order valence-corrected chi connectivity index (χ1v) is 9.62. The number of hydrogen-bond acceptors (Lipinski definition) is 5. The molecule has 6 heteroatoms. The van der Waals surface area contributed by atoms with Gasteiger partial charge in [0.05, 0.1) is 21.7 Å². The van der Waals surface area contributed by atoms with Crippen LogP contribution in [0.2, 0.25) is 0 Å². The Labute approximate surface area is 167 Å². The Morgan fingerprint density at radius 2 is 1.86 bits per heavy atom. The van der Waals surface area contributed by atoms with Gasteiger partial charge in [0.1, 0.15) is 0 Å². The van der Waals surface area contributed by atoms with Crippen molar-refractivity contribution >= 4 is 34.1 Å². The average molecular weight is 392 g/mol. The van der Waals surface area contributed by atoms with Crippen molar-refractivity contribution in [1.29, 1.82) is 0 Å². The number of esters is 1. The van der Waals surface area contributed by atoms with Crippen molar-refractivity contribution in [3.05, 3.63) is 78.7 Å². The van der Waals surface area contributed by atoms with Crippen LogP contribution < -0.4 is 0 Å². The van der Waals surface area contributed by atoms with Gasteiger partial charge in [0.15, 0.2) is 6.61 Å². The highest BCUT2D eigenvalue weighted by Crippen LogP contribution is 2.28. The van der Waals surface area contributed by atoms with Crippen LogP contribution in [0, 0.1) is 0 Å². The molecule has 3 aromatic rings. The molecule has 0 N–H and O–H groups in total. The maximum atomic E-state index is 12.8. The van der Waals surface area contributed by atoms with Crippen LogP contribution >= 0.6 is 11.3 Å². The molecule has 0 bridgehead atoms. The monoisotopic (exact) mass is 392 g/mol. The minimum Gasteiger partial charge on any atom is -0.452 e. The quantitative estimate of drug-likeness (QED) is 0.423. The molecule has 1 aromatic carbocycles. The van der Waals surface area contributed by atoms with E-state index in [1.165, 1.54) is 4.90 Å². The van der Waals surface area contributed by atoms with E-state index in [1.807, 2.05) is 41.8 Å². The zero-order chi connectivity index (χ0) is 19.9. The summed E-state index contributed by atoms with van der Waals surface area (Å²) < 4.78 is 5.32. The predicted molar refractivity (Wildman–Crippen MR) is 112 cm³/mol. The molecule has 0 unspecified atom stereocenters. The number of para-hydroxylation sites is 1. The molecule has 2 heterocycles. The Bertz CT molecular complexity index is 1000. The van der Waals surface area contributed by atoms with Gasteiger partial charge in [-0.05, 0) is 23.6 Å². The summed E-state index contributed by atoms with van der Waals surface area (Å²) >= 11 is 1.54. The standard InChI is InChI=1S/C22H20N2O3S/c1-3-11-24(12-4-2)21(25)15-27-22(26)17-14-19(20-10-7-13-28-20)23-18-9-6-5-8-16(17)18/h3-10,13-14H,1-2,11-12,15H2. The number of pyridine rings is 1. The molecular formula is C22H20N2O3S. The number of amides is 1. The van der Waals surface area contributed by atoms with E-state index in [0.29, 0.717) is 35.2 Å². The van der Waals surface area contributed by atoms with Gasteiger partial charge < -0.3 is 9.64 Å². The summed E-state index contributed by atoms with van der Waals surface area (Å²) in [4.78, 5) is 32.2. The first kappa shape index (κ1) is 19.5. The lowest BCUT2D eigenvalue weighted by atomic mass is 10.1. The first-order chi connectivity index (χ1) is 13.6. The average Bonchev–Trinajstić information content (AvgIpc) is 3.25. The zero-order valence-corrected chi connectivity index (χ0v) is 16.2. The second-order valence-corrected chi connectivity index (χ2v) is 6.95. The molecule has 0 aliphatic heterocycles. The summed E-state index contributed by atoms with van der Waals surface area (Å²) in [5.41, 5.74) is 1.79. The third-order valence-electron chi connectivity index (χ3n) is 4.09. The van der Waals surface area contributed by atoms with Gasteiger partial charge in [0, 0.05) is 18.5 Å². The number of fused-ring (bicyclic) bond motifs is 1. The smallest absolute Gasteiger partial charge is 0.339 e. The minimum atomic E-state index is -0.554. The Morgan fingerprint density at radius 3 is 2.54 bits per heavy atom. The fourth-order valence-electron chi connectivity index (χ4n) is 2.78. The highest BCUT2D eigenvalue weighted by atomic mass is 32.1. The number of ether oxygens (including phenoxy) is 1. The second-order valence-electron chi connectivity index (χ2n) is 6.00. The number of thiophene rings is 1. The molecule has 1 amide bonds. The molecule has 0 atom stereocenters. The van der Waals surface area contributed by atoms with E-state index < -0.39 is 5.97 Å². The molecule has 2 aromatic heterocycles. The zero-order valence-electron chi connectivity index (χ0n) is 15.3. The molecule has 0 radical (unpaired) electrons. The van der Waals surface area contributed by atoms with Gasteiger partial charge in [-0.15, -0.1) is 24.5 Å². The van der Waals surface area contributed by atoms with Crippen LogP contribution in [0.15, 0.2) is 73.2 Å². The molecule has 0 aliphatic carbocycles. The summed E-state index contributed by atoms with van der Waals surface area (Å²) in [6.07, 6.45) is 3.24. The van der Waals surface area contributed by atoms with Crippen LogP contribution in [0.3, 0.4) is 0 Å². The van der Waals surface area contributed by atoms with Crippen molar-refractivity contribution in [2.75, 3.05) is 19.7 Å². The van der Waals surface area contributed by atoms with Crippen molar-refractivity contribution in [3.63, 3.8) is 0 Å². The molecule has 0 saturated carbocycles. The number of hydrogen-bond donors (Lipinski definition) is 0. The number of nitrogens with zero attached hydrogens (tertiary/aromatic N) is 2. The van der Waals surface area contributed by atoms with Crippen molar-refractivity contribution < 1.29 is 14.3 Å². The molecule has 0 spiro atoms. The topological polar surface area (TPSA) is 59.5 Å². The Balaban J connectivity index is 1.85. The first-order valence-electron chi connectivity index (χ1n) is 8.74. The van der Waals surface area contributed by atoms with E-state index in [1.54, 1.807) is 29.6 Å². The third-order valence-corrected chi connectivity index (χ3v) is 4.98. The molecule has 3 rings (SSSR count). The number of rotatable bonds is 8. The Kier molecular flexibility index (Phi) is 6.34. The summed E-state index contributed by atoms with van der Waals surface area (Å²) in [6, 6.07) is 13.0. The third kappa shape index (κ3) is 4.35. The van der Waals surface area contributed by atoms with Crippen LogP contribution in [0.5, 0.6) is 0 Å². The van der Waals surface area contributed by atoms with E-state index in [0.717, 1.165) is 4.88 Å². The van der Waals surface area contributed by atoms with Crippen molar-refractivity contribution in [1.82, 2.24) is 9.88 Å². The molecule has 0 aliphatic rings. The Morgan fingerprint density at radius 1 is 1.11 bits per heavy atom. The summed E-state index contributed by atoms with van der Waals surface area (Å²) in [7, 11) is 0. The highest BCUT2D eigenvalue weighted by molar-refractivity contribution is 7.13. The Hall–Kier alpha value is -3.25. The largest absolute Gasteiger partial charge is 0.452 e. The van der Waals surface area contributed by atoms with E-state index in [4.69, 9.17) is 4.74 Å². The maximum Gasteiger partial charge on any atom is 0.339 e. The lowest BCUT2D eigenvalue weighted by Gasteiger charge is -2.19. The van der Waals surface area contributed by atoms with E-state index in [2.05, 4.69) is 18.1 Å². The summed E-state index contributed by atoms with van der Waals surface area (Å²) in [5.74, 6) is -0.855. The van der Waals surface area contributed by atoms with Crippen LogP contribution in [-0.2, 0) is 9.53 Å². The fraction of sp³-hybridized carbons (Fsp3) is 0.136. The molecule has 0 fully saturated rings. The lowest BCUT2D eigenvalue weighted by Crippen LogP contribution is -2.35. The molecule has 0 saturated heterocycles. The van der Waals surface area contributed by atoms with Gasteiger partial charge in [0.25, 0.3) is 5.91 Å². The van der Waals surface area contributed by atoms with Crippen molar-refractivity contribution in [2.24, 2.45) is 0 Å². The predicted octanol–water partition coefficient (Wildman–Crippen LogP) is 4.32. The number of benzene rings is 1. The number of carbonyl (C=O) groups is 2. The van der Waals surface area contributed by atoms with Gasteiger partial charge in [0.2, 0.25) is 0 Å². The van der Waals surface area contributed by atoms with Crippen molar-refractivity contribution in [2.45, 2.75) is 0 Å². The minimum absolute atomic E-state index is 0.301. The van der Waals surface area contributed by atoms with Gasteiger partial charge in [-0.2, -0.15) is 0 Å². The maximum absolute atomic E-state index is 12.8. The molecule has 28 heavy (non-hydrogen) atoms. The fourth-order valence-corrected chi connectivity index (χ4v) is 3.47. The van der Waals surface area contributed by atoms with Gasteiger partial charge in [-0.1, -0.05) is 36.4 Å². The van der Waals surface area contributed by atoms with E-state index in [9.17, 15) is 9.59 Å². The van der Waals surface area contributed by atoms with Crippen LogP contribution in [-0.4, -0.2) is 41.5 Å².